The molecule has 0 spiro atoms. The largest absolute Gasteiger partial charge is 0.493 e. The van der Waals surface area contributed by atoms with E-state index in [0.717, 1.165) is 29.5 Å². The van der Waals surface area contributed by atoms with E-state index in [1.54, 1.807) is 13.3 Å². The van der Waals surface area contributed by atoms with Crippen LogP contribution < -0.4 is 4.74 Å². The highest BCUT2D eigenvalue weighted by Crippen LogP contribution is 2.23. The number of aromatic nitrogens is 1. The van der Waals surface area contributed by atoms with Crippen molar-refractivity contribution in [2.45, 2.75) is 12.8 Å². The van der Waals surface area contributed by atoms with Crippen molar-refractivity contribution in [2.75, 3.05) is 27.1 Å². The summed E-state index contributed by atoms with van der Waals surface area (Å²) in [6.07, 6.45) is 3.70. The molecule has 1 aromatic heterocycles. The van der Waals surface area contributed by atoms with Crippen LogP contribution in [0, 0.1) is 0 Å². The topological polar surface area (TPSA) is 40.6 Å². The van der Waals surface area contributed by atoms with Gasteiger partial charge in [-0.2, -0.15) is 0 Å². The molecule has 4 nitrogen and oxygen atoms in total. The SMILES string of the molecule is COCOCCCCOc1ccnc2ccccc12. The first-order valence-electron chi connectivity index (χ1n) is 6.45. The van der Waals surface area contributed by atoms with Crippen molar-refractivity contribution >= 4 is 10.9 Å². The fraction of sp³-hybridized carbons (Fsp3) is 0.400. The van der Waals surface area contributed by atoms with E-state index in [2.05, 4.69) is 4.98 Å². The van der Waals surface area contributed by atoms with Crippen molar-refractivity contribution in [1.29, 1.82) is 0 Å². The number of unbranched alkanes of at least 4 members (excludes halogenated alkanes) is 1. The van der Waals surface area contributed by atoms with Gasteiger partial charge in [0.25, 0.3) is 0 Å². The van der Waals surface area contributed by atoms with Crippen LogP contribution in [-0.4, -0.2) is 32.1 Å². The standard InChI is InChI=1S/C15H19NO3/c1-17-12-18-10-4-5-11-19-15-8-9-16-14-7-3-2-6-13(14)15/h2-3,6-9H,4-5,10-12H2,1H3. The number of hydrogen-bond acceptors (Lipinski definition) is 4. The number of hydrogen-bond donors (Lipinski definition) is 0. The van der Waals surface area contributed by atoms with Crippen molar-refractivity contribution in [3.05, 3.63) is 36.5 Å². The van der Waals surface area contributed by atoms with Gasteiger partial charge in [-0.15, -0.1) is 0 Å². The molecule has 0 aliphatic carbocycles. The molecular formula is C15H19NO3. The number of para-hydroxylation sites is 1. The molecule has 1 heterocycles. The van der Waals surface area contributed by atoms with E-state index in [-0.39, 0.29) is 0 Å². The van der Waals surface area contributed by atoms with Crippen LogP contribution in [0.3, 0.4) is 0 Å². The smallest absolute Gasteiger partial charge is 0.146 e. The molecule has 0 bridgehead atoms. The zero-order valence-corrected chi connectivity index (χ0v) is 11.2. The minimum atomic E-state index is 0.357. The summed E-state index contributed by atoms with van der Waals surface area (Å²) in [5.74, 6) is 0.892. The van der Waals surface area contributed by atoms with E-state index in [0.29, 0.717) is 20.0 Å². The van der Waals surface area contributed by atoms with Gasteiger partial charge >= 0.3 is 0 Å². The molecule has 2 rings (SSSR count). The maximum absolute atomic E-state index is 5.80. The van der Waals surface area contributed by atoms with Crippen LogP contribution in [0.25, 0.3) is 10.9 Å². The second kappa shape index (κ2) is 7.71. The van der Waals surface area contributed by atoms with Crippen LogP contribution in [0.15, 0.2) is 36.5 Å². The Balaban J connectivity index is 1.78. The van der Waals surface area contributed by atoms with Crippen molar-refractivity contribution in [3.63, 3.8) is 0 Å². The van der Waals surface area contributed by atoms with Crippen LogP contribution in [0.2, 0.25) is 0 Å². The summed E-state index contributed by atoms with van der Waals surface area (Å²) in [4.78, 5) is 4.31. The van der Waals surface area contributed by atoms with Crippen molar-refractivity contribution in [3.8, 4) is 5.75 Å². The fourth-order valence-corrected chi connectivity index (χ4v) is 1.83. The van der Waals surface area contributed by atoms with Gasteiger partial charge in [-0.25, -0.2) is 0 Å². The predicted molar refractivity (Wildman–Crippen MR) is 74.3 cm³/mol. The maximum Gasteiger partial charge on any atom is 0.146 e. The van der Waals surface area contributed by atoms with E-state index >= 15 is 0 Å². The first-order valence-corrected chi connectivity index (χ1v) is 6.45. The first-order chi connectivity index (χ1) is 9.42. The van der Waals surface area contributed by atoms with E-state index in [1.165, 1.54) is 0 Å². The minimum absolute atomic E-state index is 0.357. The third-order valence-electron chi connectivity index (χ3n) is 2.75. The van der Waals surface area contributed by atoms with Gasteiger partial charge in [-0.05, 0) is 31.0 Å². The van der Waals surface area contributed by atoms with Crippen molar-refractivity contribution in [1.82, 2.24) is 4.98 Å². The molecule has 102 valence electrons. The van der Waals surface area contributed by atoms with Crippen LogP contribution >= 0.6 is 0 Å². The molecule has 19 heavy (non-hydrogen) atoms. The van der Waals surface area contributed by atoms with Gasteiger partial charge in [0, 0.05) is 25.3 Å². The average molecular weight is 261 g/mol. The summed E-state index contributed by atoms with van der Waals surface area (Å²) < 4.78 is 15.8. The number of fused-ring (bicyclic) bond motifs is 1. The number of benzene rings is 1. The lowest BCUT2D eigenvalue weighted by atomic mass is 10.2. The average Bonchev–Trinajstić information content (AvgIpc) is 2.46. The maximum atomic E-state index is 5.80. The van der Waals surface area contributed by atoms with E-state index in [4.69, 9.17) is 14.2 Å². The van der Waals surface area contributed by atoms with E-state index in [9.17, 15) is 0 Å². The molecule has 0 saturated heterocycles. The summed E-state index contributed by atoms with van der Waals surface area (Å²) >= 11 is 0. The van der Waals surface area contributed by atoms with Gasteiger partial charge in [0.1, 0.15) is 12.5 Å². The quantitative estimate of drug-likeness (QED) is 0.541. The number of ether oxygens (including phenoxy) is 3. The van der Waals surface area contributed by atoms with Crippen LogP contribution in [0.4, 0.5) is 0 Å². The molecule has 0 atom stereocenters. The first kappa shape index (κ1) is 13.8. The highest BCUT2D eigenvalue weighted by atomic mass is 16.7. The van der Waals surface area contributed by atoms with Crippen LogP contribution in [0.1, 0.15) is 12.8 Å². The molecule has 0 radical (unpaired) electrons. The van der Waals surface area contributed by atoms with Gasteiger partial charge in [0.15, 0.2) is 0 Å². The third kappa shape index (κ3) is 4.19. The molecule has 1 aromatic carbocycles. The molecule has 2 aromatic rings. The number of rotatable bonds is 8. The number of pyridine rings is 1. The highest BCUT2D eigenvalue weighted by Gasteiger charge is 2.01. The minimum Gasteiger partial charge on any atom is -0.493 e. The summed E-state index contributed by atoms with van der Waals surface area (Å²) in [5.41, 5.74) is 0.962. The summed E-state index contributed by atoms with van der Waals surface area (Å²) in [6.45, 7) is 1.74. The summed E-state index contributed by atoms with van der Waals surface area (Å²) in [6, 6.07) is 9.89. The zero-order chi connectivity index (χ0) is 13.3. The molecule has 0 N–H and O–H groups in total. The van der Waals surface area contributed by atoms with Crippen LogP contribution in [-0.2, 0) is 9.47 Å². The predicted octanol–water partition coefficient (Wildman–Crippen LogP) is 3.01. The summed E-state index contributed by atoms with van der Waals surface area (Å²) in [7, 11) is 1.62. The van der Waals surface area contributed by atoms with Crippen molar-refractivity contribution < 1.29 is 14.2 Å². The molecule has 4 heteroatoms. The Hall–Kier alpha value is -1.65. The molecule has 0 unspecified atom stereocenters. The molecule has 0 fully saturated rings. The van der Waals surface area contributed by atoms with E-state index in [1.807, 2.05) is 30.3 Å². The van der Waals surface area contributed by atoms with E-state index < -0.39 is 0 Å². The second-order valence-electron chi connectivity index (χ2n) is 4.20. The number of methoxy groups -OCH3 is 1. The van der Waals surface area contributed by atoms with Gasteiger partial charge in [0.2, 0.25) is 0 Å². The zero-order valence-electron chi connectivity index (χ0n) is 11.2. The highest BCUT2D eigenvalue weighted by molar-refractivity contribution is 5.84. The van der Waals surface area contributed by atoms with Crippen LogP contribution in [0.5, 0.6) is 5.75 Å². The van der Waals surface area contributed by atoms with Crippen molar-refractivity contribution in [2.24, 2.45) is 0 Å². The molecule has 0 amide bonds. The second-order valence-corrected chi connectivity index (χ2v) is 4.20. The van der Waals surface area contributed by atoms with Gasteiger partial charge in [-0.1, -0.05) is 12.1 Å². The Bertz CT molecular complexity index is 496. The molecule has 0 aliphatic heterocycles. The van der Waals surface area contributed by atoms with Gasteiger partial charge < -0.3 is 14.2 Å². The lowest BCUT2D eigenvalue weighted by Crippen LogP contribution is -2.02. The lowest BCUT2D eigenvalue weighted by Gasteiger charge is -2.08. The Morgan fingerprint density at radius 3 is 2.79 bits per heavy atom. The monoisotopic (exact) mass is 261 g/mol. The number of nitrogens with zero attached hydrogens (tertiary/aromatic N) is 1. The Morgan fingerprint density at radius 2 is 1.89 bits per heavy atom. The van der Waals surface area contributed by atoms with Gasteiger partial charge in [0.05, 0.1) is 12.1 Å². The van der Waals surface area contributed by atoms with Gasteiger partial charge in [-0.3, -0.25) is 4.98 Å². The normalized spacial score (nSPS) is 10.8. The lowest BCUT2D eigenvalue weighted by molar-refractivity contribution is -0.0320. The molecule has 0 aliphatic rings. The molecule has 0 saturated carbocycles. The Labute approximate surface area is 113 Å². The Morgan fingerprint density at radius 1 is 1.05 bits per heavy atom. The fourth-order valence-electron chi connectivity index (χ4n) is 1.83. The third-order valence-corrected chi connectivity index (χ3v) is 2.75. The Kier molecular flexibility index (Phi) is 5.59. The summed E-state index contributed by atoms with van der Waals surface area (Å²) in [5, 5.41) is 1.06. The molecular weight excluding hydrogens is 242 g/mol.